The van der Waals surface area contributed by atoms with E-state index >= 15 is 0 Å². The molecule has 1 amide bonds. The van der Waals surface area contributed by atoms with Crippen molar-refractivity contribution in [2.24, 2.45) is 5.92 Å². The van der Waals surface area contributed by atoms with E-state index in [1.807, 2.05) is 18.2 Å². The summed E-state index contributed by atoms with van der Waals surface area (Å²) in [6.07, 6.45) is 3.67. The van der Waals surface area contributed by atoms with Crippen LogP contribution in [0.5, 0.6) is 0 Å². The number of benzene rings is 1. The molecule has 0 radical (unpaired) electrons. The minimum absolute atomic E-state index is 0.178. The third kappa shape index (κ3) is 3.97. The number of nitrogens with zero attached hydrogens (tertiary/aromatic N) is 1. The maximum Gasteiger partial charge on any atom is 0.234 e. The third-order valence-electron chi connectivity index (χ3n) is 4.07. The summed E-state index contributed by atoms with van der Waals surface area (Å²) in [5.41, 5.74) is 1.16. The normalized spacial score (nSPS) is 22.7. The van der Waals surface area contributed by atoms with Crippen LogP contribution in [0.1, 0.15) is 19.3 Å². The Morgan fingerprint density at radius 2 is 2.00 bits per heavy atom. The van der Waals surface area contributed by atoms with Crippen molar-refractivity contribution >= 4 is 11.6 Å². The lowest BCUT2D eigenvalue weighted by Gasteiger charge is -2.17. The standard InChI is InChI=1S/C16H23N3O/c20-16(17-10-13-6-7-13)12-19-9-8-15(11-19)18-14-4-2-1-3-5-14/h1-5,13,15,18H,6-12H2,(H,17,20)/t15-/m0/s1. The lowest BCUT2D eigenvalue weighted by atomic mass is 10.2. The monoisotopic (exact) mass is 273 g/mol. The van der Waals surface area contributed by atoms with Crippen molar-refractivity contribution in [1.82, 2.24) is 10.2 Å². The second-order valence-corrected chi connectivity index (χ2v) is 5.98. The van der Waals surface area contributed by atoms with Crippen molar-refractivity contribution in [3.63, 3.8) is 0 Å². The van der Waals surface area contributed by atoms with Gasteiger partial charge in [-0.15, -0.1) is 0 Å². The largest absolute Gasteiger partial charge is 0.381 e. The number of para-hydroxylation sites is 1. The summed E-state index contributed by atoms with van der Waals surface area (Å²) in [7, 11) is 0. The summed E-state index contributed by atoms with van der Waals surface area (Å²) in [6, 6.07) is 10.7. The van der Waals surface area contributed by atoms with Crippen molar-refractivity contribution in [3.8, 4) is 0 Å². The van der Waals surface area contributed by atoms with E-state index in [2.05, 4.69) is 27.7 Å². The van der Waals surface area contributed by atoms with Crippen LogP contribution in [0.3, 0.4) is 0 Å². The predicted molar refractivity (Wildman–Crippen MR) is 80.6 cm³/mol. The Balaban J connectivity index is 1.39. The van der Waals surface area contributed by atoms with Gasteiger partial charge in [0.05, 0.1) is 6.54 Å². The number of amides is 1. The second kappa shape index (κ2) is 6.27. The van der Waals surface area contributed by atoms with Crippen LogP contribution >= 0.6 is 0 Å². The summed E-state index contributed by atoms with van der Waals surface area (Å²) in [5, 5.41) is 6.57. The Bertz CT molecular complexity index is 444. The molecule has 20 heavy (non-hydrogen) atoms. The first-order chi connectivity index (χ1) is 9.79. The minimum atomic E-state index is 0.178. The number of hydrogen-bond acceptors (Lipinski definition) is 3. The first-order valence-electron chi connectivity index (χ1n) is 7.60. The van der Waals surface area contributed by atoms with Gasteiger partial charge in [0.1, 0.15) is 0 Å². The molecule has 1 atom stereocenters. The van der Waals surface area contributed by atoms with Crippen LogP contribution in [0.2, 0.25) is 0 Å². The van der Waals surface area contributed by atoms with E-state index < -0.39 is 0 Å². The summed E-state index contributed by atoms with van der Waals surface area (Å²) in [4.78, 5) is 14.1. The van der Waals surface area contributed by atoms with Gasteiger partial charge in [0, 0.05) is 31.4 Å². The average Bonchev–Trinajstić information content (AvgIpc) is 3.19. The van der Waals surface area contributed by atoms with Crippen LogP contribution in [0.25, 0.3) is 0 Å². The lowest BCUT2D eigenvalue weighted by molar-refractivity contribution is -0.122. The molecule has 1 aliphatic heterocycles. The molecular weight excluding hydrogens is 250 g/mol. The zero-order valence-electron chi connectivity index (χ0n) is 11.8. The molecule has 2 N–H and O–H groups in total. The van der Waals surface area contributed by atoms with Crippen molar-refractivity contribution in [2.45, 2.75) is 25.3 Å². The maximum atomic E-state index is 11.8. The Labute approximate surface area is 120 Å². The molecule has 2 aliphatic rings. The van der Waals surface area contributed by atoms with E-state index in [9.17, 15) is 4.79 Å². The van der Waals surface area contributed by atoms with E-state index in [-0.39, 0.29) is 5.91 Å². The van der Waals surface area contributed by atoms with Gasteiger partial charge < -0.3 is 10.6 Å². The van der Waals surface area contributed by atoms with E-state index in [0.717, 1.165) is 37.7 Å². The number of likely N-dealkylation sites (tertiary alicyclic amines) is 1. The van der Waals surface area contributed by atoms with Crippen molar-refractivity contribution in [3.05, 3.63) is 30.3 Å². The molecule has 0 spiro atoms. The molecule has 1 heterocycles. The fourth-order valence-electron chi connectivity index (χ4n) is 2.70. The quantitative estimate of drug-likeness (QED) is 0.829. The van der Waals surface area contributed by atoms with Crippen molar-refractivity contribution < 1.29 is 4.79 Å². The highest BCUT2D eigenvalue weighted by molar-refractivity contribution is 5.78. The summed E-state index contributed by atoms with van der Waals surface area (Å²) >= 11 is 0. The molecule has 1 aliphatic carbocycles. The molecule has 0 aromatic heterocycles. The number of carbonyl (C=O) groups is 1. The Morgan fingerprint density at radius 3 is 2.75 bits per heavy atom. The topological polar surface area (TPSA) is 44.4 Å². The zero-order valence-corrected chi connectivity index (χ0v) is 11.8. The first kappa shape index (κ1) is 13.4. The van der Waals surface area contributed by atoms with Gasteiger partial charge in [-0.1, -0.05) is 18.2 Å². The van der Waals surface area contributed by atoms with Crippen LogP contribution in [0.15, 0.2) is 30.3 Å². The van der Waals surface area contributed by atoms with Crippen LogP contribution in [0.4, 0.5) is 5.69 Å². The minimum Gasteiger partial charge on any atom is -0.381 e. The van der Waals surface area contributed by atoms with Crippen molar-refractivity contribution in [1.29, 1.82) is 0 Å². The molecule has 108 valence electrons. The fourth-order valence-corrected chi connectivity index (χ4v) is 2.70. The van der Waals surface area contributed by atoms with Crippen LogP contribution in [-0.4, -0.2) is 43.0 Å². The number of hydrogen-bond donors (Lipinski definition) is 2. The molecule has 3 rings (SSSR count). The van der Waals surface area contributed by atoms with E-state index in [4.69, 9.17) is 0 Å². The maximum absolute atomic E-state index is 11.8. The van der Waals surface area contributed by atoms with Gasteiger partial charge in [0.15, 0.2) is 0 Å². The van der Waals surface area contributed by atoms with Gasteiger partial charge in [-0.25, -0.2) is 0 Å². The van der Waals surface area contributed by atoms with Gasteiger partial charge in [0.2, 0.25) is 5.91 Å². The molecule has 1 saturated carbocycles. The zero-order chi connectivity index (χ0) is 13.8. The fraction of sp³-hybridized carbons (Fsp3) is 0.562. The smallest absolute Gasteiger partial charge is 0.234 e. The van der Waals surface area contributed by atoms with Gasteiger partial charge in [-0.05, 0) is 37.3 Å². The summed E-state index contributed by atoms with van der Waals surface area (Å²) in [6.45, 7) is 3.37. The molecule has 0 unspecified atom stereocenters. The van der Waals surface area contributed by atoms with Gasteiger partial charge in [-0.3, -0.25) is 9.69 Å². The van der Waals surface area contributed by atoms with Crippen molar-refractivity contribution in [2.75, 3.05) is 31.5 Å². The molecule has 2 fully saturated rings. The van der Waals surface area contributed by atoms with Gasteiger partial charge in [-0.2, -0.15) is 0 Å². The first-order valence-corrected chi connectivity index (χ1v) is 7.60. The molecule has 4 nitrogen and oxygen atoms in total. The number of carbonyl (C=O) groups excluding carboxylic acids is 1. The van der Waals surface area contributed by atoms with Gasteiger partial charge >= 0.3 is 0 Å². The molecule has 1 saturated heterocycles. The Hall–Kier alpha value is -1.55. The van der Waals surface area contributed by atoms with E-state index in [1.165, 1.54) is 12.8 Å². The molecule has 1 aromatic carbocycles. The van der Waals surface area contributed by atoms with E-state index in [0.29, 0.717) is 12.6 Å². The average molecular weight is 273 g/mol. The highest BCUT2D eigenvalue weighted by atomic mass is 16.2. The Morgan fingerprint density at radius 1 is 1.20 bits per heavy atom. The second-order valence-electron chi connectivity index (χ2n) is 5.98. The Kier molecular flexibility index (Phi) is 4.21. The number of rotatable bonds is 6. The van der Waals surface area contributed by atoms with E-state index in [1.54, 1.807) is 0 Å². The highest BCUT2D eigenvalue weighted by Crippen LogP contribution is 2.27. The van der Waals surface area contributed by atoms with Gasteiger partial charge in [0.25, 0.3) is 0 Å². The van der Waals surface area contributed by atoms with Crippen LogP contribution in [0, 0.1) is 5.92 Å². The molecule has 0 bridgehead atoms. The molecule has 1 aromatic rings. The highest BCUT2D eigenvalue weighted by Gasteiger charge is 2.25. The molecule has 4 heteroatoms. The lowest BCUT2D eigenvalue weighted by Crippen LogP contribution is -2.37. The summed E-state index contributed by atoms with van der Waals surface area (Å²) in [5.74, 6) is 0.933. The third-order valence-corrected chi connectivity index (χ3v) is 4.07. The van der Waals surface area contributed by atoms with Crippen LogP contribution in [-0.2, 0) is 4.79 Å². The number of nitrogens with one attached hydrogen (secondary N) is 2. The predicted octanol–water partition coefficient (Wildman–Crippen LogP) is 1.70. The van der Waals surface area contributed by atoms with Crippen LogP contribution < -0.4 is 10.6 Å². The molecular formula is C16H23N3O. The summed E-state index contributed by atoms with van der Waals surface area (Å²) < 4.78 is 0. The number of anilines is 1. The SMILES string of the molecule is O=C(CN1CC[C@H](Nc2ccccc2)C1)NCC1CC1.